The average molecular weight is 208 g/mol. The van der Waals surface area contributed by atoms with Crippen LogP contribution in [0, 0.1) is 0 Å². The Hall–Kier alpha value is -1.31. The van der Waals surface area contributed by atoms with E-state index in [4.69, 9.17) is 5.11 Å². The SMILES string of the molecule is CC/C=C/CC/C=C/CC/C=C/C(=O)O. The smallest absolute Gasteiger partial charge is 0.327 e. The third kappa shape index (κ3) is 12.7. The largest absolute Gasteiger partial charge is 0.478 e. The molecule has 0 amide bonds. The number of allylic oxidation sites excluding steroid dienone is 5. The second-order valence-corrected chi connectivity index (χ2v) is 3.25. The lowest BCUT2D eigenvalue weighted by Gasteiger charge is -1.88. The quantitative estimate of drug-likeness (QED) is 0.375. The zero-order chi connectivity index (χ0) is 11.4. The molecule has 2 heteroatoms. The fourth-order valence-corrected chi connectivity index (χ4v) is 1.09. The van der Waals surface area contributed by atoms with E-state index in [-0.39, 0.29) is 0 Å². The van der Waals surface area contributed by atoms with Gasteiger partial charge in [0.15, 0.2) is 0 Å². The van der Waals surface area contributed by atoms with Gasteiger partial charge in [0.05, 0.1) is 0 Å². The van der Waals surface area contributed by atoms with Crippen LogP contribution in [0.15, 0.2) is 36.5 Å². The molecule has 0 aliphatic carbocycles. The summed E-state index contributed by atoms with van der Waals surface area (Å²) in [6.07, 6.45) is 16.5. The molecule has 0 saturated carbocycles. The van der Waals surface area contributed by atoms with Crippen LogP contribution in [-0.4, -0.2) is 11.1 Å². The molecule has 0 aromatic carbocycles. The fraction of sp³-hybridized carbons (Fsp3) is 0.462. The number of rotatable bonds is 8. The third-order valence-electron chi connectivity index (χ3n) is 1.83. The molecule has 0 aromatic heterocycles. The molecule has 84 valence electrons. The highest BCUT2D eigenvalue weighted by molar-refractivity contribution is 5.79. The summed E-state index contributed by atoms with van der Waals surface area (Å²) in [7, 11) is 0. The summed E-state index contributed by atoms with van der Waals surface area (Å²) in [4.78, 5) is 10.1. The van der Waals surface area contributed by atoms with Crippen LogP contribution in [0.3, 0.4) is 0 Å². The van der Waals surface area contributed by atoms with Gasteiger partial charge in [-0.1, -0.05) is 37.3 Å². The monoisotopic (exact) mass is 208 g/mol. The summed E-state index contributed by atoms with van der Waals surface area (Å²) in [6, 6.07) is 0. The summed E-state index contributed by atoms with van der Waals surface area (Å²) >= 11 is 0. The van der Waals surface area contributed by atoms with Crippen molar-refractivity contribution in [2.24, 2.45) is 0 Å². The van der Waals surface area contributed by atoms with E-state index in [0.29, 0.717) is 0 Å². The molecule has 15 heavy (non-hydrogen) atoms. The first kappa shape index (κ1) is 13.7. The van der Waals surface area contributed by atoms with Crippen molar-refractivity contribution in [1.82, 2.24) is 0 Å². The Morgan fingerprint density at radius 1 is 0.933 bits per heavy atom. The van der Waals surface area contributed by atoms with Crippen molar-refractivity contribution in [3.05, 3.63) is 36.5 Å². The van der Waals surface area contributed by atoms with Crippen LogP contribution < -0.4 is 0 Å². The lowest BCUT2D eigenvalue weighted by molar-refractivity contribution is -0.131. The third-order valence-corrected chi connectivity index (χ3v) is 1.83. The molecule has 0 aliphatic rings. The van der Waals surface area contributed by atoms with Gasteiger partial charge in [-0.15, -0.1) is 0 Å². The Morgan fingerprint density at radius 3 is 1.87 bits per heavy atom. The molecule has 0 fully saturated rings. The van der Waals surface area contributed by atoms with Crippen LogP contribution in [0.25, 0.3) is 0 Å². The van der Waals surface area contributed by atoms with Gasteiger partial charge in [0, 0.05) is 6.08 Å². The van der Waals surface area contributed by atoms with Gasteiger partial charge in [-0.25, -0.2) is 4.79 Å². The van der Waals surface area contributed by atoms with E-state index in [9.17, 15) is 4.79 Å². The Bertz CT molecular complexity index is 237. The molecule has 0 rings (SSSR count). The van der Waals surface area contributed by atoms with Crippen LogP contribution in [0.1, 0.15) is 39.0 Å². The van der Waals surface area contributed by atoms with Gasteiger partial charge in [-0.3, -0.25) is 0 Å². The number of hydrogen-bond acceptors (Lipinski definition) is 1. The van der Waals surface area contributed by atoms with Gasteiger partial charge < -0.3 is 5.11 Å². The summed E-state index contributed by atoms with van der Waals surface area (Å²) in [6.45, 7) is 2.13. The number of aliphatic carboxylic acids is 1. The molecule has 0 heterocycles. The van der Waals surface area contributed by atoms with Crippen LogP contribution in [0.2, 0.25) is 0 Å². The van der Waals surface area contributed by atoms with Crippen molar-refractivity contribution < 1.29 is 9.90 Å². The Morgan fingerprint density at radius 2 is 1.40 bits per heavy atom. The van der Waals surface area contributed by atoms with E-state index in [0.717, 1.165) is 32.1 Å². The van der Waals surface area contributed by atoms with Crippen LogP contribution in [0.5, 0.6) is 0 Å². The number of carbonyl (C=O) groups is 1. The number of hydrogen-bond donors (Lipinski definition) is 1. The topological polar surface area (TPSA) is 37.3 Å². The van der Waals surface area contributed by atoms with Crippen LogP contribution in [0.4, 0.5) is 0 Å². The summed E-state index contributed by atoms with van der Waals surface area (Å²) in [5.74, 6) is -0.872. The van der Waals surface area contributed by atoms with Gasteiger partial charge in [0.2, 0.25) is 0 Å². The fourth-order valence-electron chi connectivity index (χ4n) is 1.09. The predicted molar refractivity (Wildman–Crippen MR) is 63.8 cm³/mol. The Balaban J connectivity index is 3.32. The zero-order valence-corrected chi connectivity index (χ0v) is 9.36. The minimum absolute atomic E-state index is 0.799. The van der Waals surface area contributed by atoms with E-state index < -0.39 is 5.97 Å². The lowest BCUT2D eigenvalue weighted by Crippen LogP contribution is -1.85. The Kier molecular flexibility index (Phi) is 9.83. The van der Waals surface area contributed by atoms with E-state index in [2.05, 4.69) is 31.2 Å². The van der Waals surface area contributed by atoms with E-state index in [1.165, 1.54) is 6.08 Å². The zero-order valence-electron chi connectivity index (χ0n) is 9.36. The second kappa shape index (κ2) is 10.8. The minimum atomic E-state index is -0.872. The highest BCUT2D eigenvalue weighted by Gasteiger charge is 1.83. The predicted octanol–water partition coefficient (Wildman–Crippen LogP) is 3.71. The molecule has 0 bridgehead atoms. The van der Waals surface area contributed by atoms with Crippen molar-refractivity contribution in [3.63, 3.8) is 0 Å². The van der Waals surface area contributed by atoms with Crippen LogP contribution >= 0.6 is 0 Å². The molecule has 0 radical (unpaired) electrons. The highest BCUT2D eigenvalue weighted by atomic mass is 16.4. The van der Waals surface area contributed by atoms with Gasteiger partial charge in [0.25, 0.3) is 0 Å². The van der Waals surface area contributed by atoms with E-state index in [1.807, 2.05) is 0 Å². The molecular weight excluding hydrogens is 188 g/mol. The van der Waals surface area contributed by atoms with Crippen LogP contribution in [-0.2, 0) is 4.79 Å². The van der Waals surface area contributed by atoms with Gasteiger partial charge in [-0.2, -0.15) is 0 Å². The summed E-state index contributed by atoms with van der Waals surface area (Å²) in [5.41, 5.74) is 0. The summed E-state index contributed by atoms with van der Waals surface area (Å²) < 4.78 is 0. The maximum atomic E-state index is 10.1. The maximum absolute atomic E-state index is 10.1. The standard InChI is InChI=1S/C13H20O2/c1-2-3-4-5-6-7-8-9-10-11-12-13(14)15/h3-4,7-8,11-12H,2,5-6,9-10H2,1H3,(H,14,15)/b4-3+,8-7+,12-11+. The molecule has 1 N–H and O–H groups in total. The minimum Gasteiger partial charge on any atom is -0.478 e. The first-order valence-electron chi connectivity index (χ1n) is 5.46. The number of carboxylic acids is 1. The van der Waals surface area contributed by atoms with E-state index >= 15 is 0 Å². The molecule has 0 aliphatic heterocycles. The van der Waals surface area contributed by atoms with Crippen molar-refractivity contribution >= 4 is 5.97 Å². The first-order valence-corrected chi connectivity index (χ1v) is 5.46. The van der Waals surface area contributed by atoms with Gasteiger partial charge >= 0.3 is 5.97 Å². The first-order chi connectivity index (χ1) is 7.27. The van der Waals surface area contributed by atoms with Crippen molar-refractivity contribution in [2.75, 3.05) is 0 Å². The number of carboxylic acid groups (broad SMARTS) is 1. The molecule has 0 aromatic rings. The van der Waals surface area contributed by atoms with Gasteiger partial charge in [0.1, 0.15) is 0 Å². The van der Waals surface area contributed by atoms with Crippen molar-refractivity contribution in [3.8, 4) is 0 Å². The second-order valence-electron chi connectivity index (χ2n) is 3.25. The molecule has 2 nitrogen and oxygen atoms in total. The van der Waals surface area contributed by atoms with Crippen molar-refractivity contribution in [1.29, 1.82) is 0 Å². The average Bonchev–Trinajstić information content (AvgIpc) is 2.20. The van der Waals surface area contributed by atoms with Gasteiger partial charge in [-0.05, 0) is 32.1 Å². The molecular formula is C13H20O2. The molecule has 0 spiro atoms. The maximum Gasteiger partial charge on any atom is 0.327 e. The molecule has 0 saturated heterocycles. The van der Waals surface area contributed by atoms with E-state index in [1.54, 1.807) is 6.08 Å². The lowest BCUT2D eigenvalue weighted by atomic mass is 10.2. The molecule has 0 unspecified atom stereocenters. The normalized spacial score (nSPS) is 12.1. The highest BCUT2D eigenvalue weighted by Crippen LogP contribution is 1.98. The molecule has 0 atom stereocenters. The number of unbranched alkanes of at least 4 members (excludes halogenated alkanes) is 2. The Labute approximate surface area is 92.0 Å². The van der Waals surface area contributed by atoms with Crippen molar-refractivity contribution in [2.45, 2.75) is 39.0 Å². The summed E-state index contributed by atoms with van der Waals surface area (Å²) in [5, 5.41) is 8.32.